The fourth-order valence-electron chi connectivity index (χ4n) is 21.2. The summed E-state index contributed by atoms with van der Waals surface area (Å²) in [5.41, 5.74) is 27.7. The number of aryl methyl sites for hydroxylation is 2. The maximum Gasteiger partial charge on any atom is 0.337 e. The van der Waals surface area contributed by atoms with Gasteiger partial charge < -0.3 is 44.4 Å². The lowest BCUT2D eigenvalue weighted by atomic mass is 9.89. The molecule has 5 aromatic carbocycles. The molecule has 7 aromatic heterocycles. The number of nitro groups is 1. The van der Waals surface area contributed by atoms with Crippen molar-refractivity contribution >= 4 is 29.0 Å². The lowest BCUT2D eigenvalue weighted by molar-refractivity contribution is -0.384. The number of esters is 1. The van der Waals surface area contributed by atoms with Gasteiger partial charge in [0, 0.05) is 217 Å². The van der Waals surface area contributed by atoms with E-state index in [1.807, 2.05) is 72.8 Å². The highest BCUT2D eigenvalue weighted by Gasteiger charge is 2.36. The first-order valence-corrected chi connectivity index (χ1v) is 46.9. The van der Waals surface area contributed by atoms with Crippen molar-refractivity contribution in [3.63, 3.8) is 0 Å². The van der Waals surface area contributed by atoms with Crippen molar-refractivity contribution in [2.75, 3.05) is 141 Å². The summed E-state index contributed by atoms with van der Waals surface area (Å²) in [5.74, 6) is 2.48. The number of anilines is 3. The van der Waals surface area contributed by atoms with Crippen molar-refractivity contribution in [2.45, 2.75) is 139 Å². The minimum Gasteiger partial charge on any atom is -0.476 e. The molecule has 29 heteroatoms. The molecule has 11 heterocycles. The van der Waals surface area contributed by atoms with E-state index in [0.717, 1.165) is 230 Å². The summed E-state index contributed by atoms with van der Waals surface area (Å²) >= 11 is 0. The number of aromatic nitrogens is 12. The lowest BCUT2D eigenvalue weighted by Gasteiger charge is -2.39. The molecule has 23 rings (SSSR count). The Hall–Kier alpha value is -12.2. The van der Waals surface area contributed by atoms with Gasteiger partial charge in [0.1, 0.15) is 30.9 Å². The van der Waals surface area contributed by atoms with Gasteiger partial charge in [0.05, 0.1) is 111 Å². The molecule has 12 aromatic rings. The van der Waals surface area contributed by atoms with Gasteiger partial charge in [-0.15, -0.1) is 0 Å². The zero-order valence-electron chi connectivity index (χ0n) is 74.9. The molecule has 0 spiro atoms. The molecule has 676 valence electrons. The van der Waals surface area contributed by atoms with E-state index < -0.39 is 4.92 Å². The van der Waals surface area contributed by atoms with Crippen molar-refractivity contribution in [3.05, 3.63) is 232 Å². The number of carbonyl (C=O) groups excluding carboxylic acids is 1. The molecule has 0 bridgehead atoms. The number of methoxy groups -OCH3 is 1. The number of hydrogen-bond donors (Lipinski definition) is 3. The second kappa shape index (κ2) is 39.9. The van der Waals surface area contributed by atoms with Crippen LogP contribution in [0, 0.1) is 10.1 Å². The Morgan fingerprint density at radius 2 is 0.954 bits per heavy atom. The summed E-state index contributed by atoms with van der Waals surface area (Å²) < 4.78 is 36.7. The first-order chi connectivity index (χ1) is 64.4. The monoisotopic (exact) mass is 1760 g/mol. The lowest BCUT2D eigenvalue weighted by Crippen LogP contribution is -2.46. The zero-order valence-corrected chi connectivity index (χ0v) is 74.9. The number of non-ortho nitro benzene ring substituents is 1. The molecule has 11 aliphatic rings. The van der Waals surface area contributed by atoms with Crippen LogP contribution in [0.5, 0.6) is 5.88 Å². The van der Waals surface area contributed by atoms with Gasteiger partial charge in [0.25, 0.3) is 5.69 Å². The van der Waals surface area contributed by atoms with Gasteiger partial charge in [-0.2, -0.15) is 10.2 Å². The van der Waals surface area contributed by atoms with Crippen LogP contribution in [0.15, 0.2) is 171 Å². The van der Waals surface area contributed by atoms with E-state index >= 15 is 0 Å². The van der Waals surface area contributed by atoms with Crippen molar-refractivity contribution in [1.82, 2.24) is 79.0 Å². The number of hydrogen-bond acceptors (Lipinski definition) is 26. The van der Waals surface area contributed by atoms with E-state index in [9.17, 15) is 14.9 Å². The van der Waals surface area contributed by atoms with E-state index in [0.29, 0.717) is 60.0 Å². The fourth-order valence-corrected chi connectivity index (χ4v) is 21.2. The van der Waals surface area contributed by atoms with Crippen LogP contribution >= 0.6 is 0 Å². The van der Waals surface area contributed by atoms with E-state index in [4.69, 9.17) is 43.4 Å². The predicted molar refractivity (Wildman–Crippen MR) is 503 cm³/mol. The summed E-state index contributed by atoms with van der Waals surface area (Å²) in [5, 5.41) is 31.5. The van der Waals surface area contributed by atoms with Gasteiger partial charge in [-0.25, -0.2) is 34.7 Å². The Kier molecular flexibility index (Phi) is 26.4. The number of nitrogens with zero attached hydrogens (tertiary/aromatic N) is 17. The number of nitro benzene ring substituents is 1. The second-order valence-electron chi connectivity index (χ2n) is 36.2. The number of carbonyl (C=O) groups is 1. The highest BCUT2D eigenvalue weighted by molar-refractivity contribution is 5.94. The van der Waals surface area contributed by atoms with Crippen LogP contribution in [-0.4, -0.2) is 252 Å². The van der Waals surface area contributed by atoms with E-state index in [1.54, 1.807) is 30.9 Å². The van der Waals surface area contributed by atoms with Crippen LogP contribution in [0.4, 0.5) is 23.0 Å². The molecule has 29 nitrogen and oxygen atoms in total. The van der Waals surface area contributed by atoms with Gasteiger partial charge >= 0.3 is 5.97 Å². The molecular weight excluding hydrogens is 1650 g/mol. The Morgan fingerprint density at radius 3 is 1.53 bits per heavy atom. The van der Waals surface area contributed by atoms with Crippen molar-refractivity contribution in [1.29, 1.82) is 0 Å². The summed E-state index contributed by atoms with van der Waals surface area (Å²) in [6.07, 6.45) is 34.2. The average molecular weight is 1760 g/mol. The summed E-state index contributed by atoms with van der Waals surface area (Å²) in [7, 11) is 5.27. The Bertz CT molecular complexity index is 6060. The van der Waals surface area contributed by atoms with E-state index in [-0.39, 0.29) is 17.7 Å². The highest BCUT2D eigenvalue weighted by atomic mass is 16.6. The minimum atomic E-state index is -0.410. The molecule has 3 N–H and O–H groups in total. The van der Waals surface area contributed by atoms with Gasteiger partial charge in [-0.3, -0.25) is 49.0 Å². The number of fused-ring (bicyclic) bond motifs is 12. The number of pyridine rings is 2. The number of nitrogens with one attached hydrogen (secondary N) is 3. The second-order valence-corrected chi connectivity index (χ2v) is 36.2. The molecule has 131 heavy (non-hydrogen) atoms. The number of benzene rings is 5. The molecule has 0 atom stereocenters. The molecule has 0 unspecified atom stereocenters. The Morgan fingerprint density at radius 1 is 0.450 bits per heavy atom. The summed E-state index contributed by atoms with van der Waals surface area (Å²) in [6.45, 7) is 16.5. The smallest absolute Gasteiger partial charge is 0.337 e. The first-order valence-electron chi connectivity index (χ1n) is 46.9. The van der Waals surface area contributed by atoms with Crippen LogP contribution in [0.3, 0.4) is 0 Å². The van der Waals surface area contributed by atoms with Crippen molar-refractivity contribution < 1.29 is 38.1 Å². The third kappa shape index (κ3) is 19.6. The average Bonchev–Trinajstić information content (AvgIpc) is 1.65. The summed E-state index contributed by atoms with van der Waals surface area (Å²) in [6, 6.07) is 41.6. The zero-order chi connectivity index (χ0) is 88.7. The van der Waals surface area contributed by atoms with Gasteiger partial charge in [-0.05, 0) is 186 Å². The molecule has 7 fully saturated rings. The van der Waals surface area contributed by atoms with Gasteiger partial charge in [-0.1, -0.05) is 60.7 Å². The molecule has 4 saturated heterocycles. The first kappa shape index (κ1) is 86.8. The van der Waals surface area contributed by atoms with Crippen LogP contribution in [0.25, 0.3) is 89.3 Å². The Balaban J connectivity index is 0.000000110. The molecule has 0 amide bonds. The maximum absolute atomic E-state index is 12.2. The molecular formula is C102H114N20O9. The SMILES string of the molecule is COC(=O)c1ccc2c(c1)Cc1nc(-c3cccc([N+](=O)[O-])c3)nc(NC3CCC(N4CCOCC4)CC3)c1-2.Cn1cc(-c2ccc3c(c2)-c2c(NC4CCC(N5CCOCC5)CC4)ccnc2C3)cn1.Cn1cc(-c2ccc3c(c2)-c2c(ncnc2OCCN2CCOCC2)C3)cn1.c1cc(-c2ccc3c(c2)Cc2ncnc(NC4CCC(N5CCOCC5)CC4)c2-3)ccn1. The fraction of sp³-hybridized carbons (Fsp3) is 0.422. The van der Waals surface area contributed by atoms with Crippen molar-refractivity contribution in [2.24, 2.45) is 14.1 Å². The van der Waals surface area contributed by atoms with Crippen molar-refractivity contribution in [3.8, 4) is 95.2 Å². The highest BCUT2D eigenvalue weighted by Crippen LogP contribution is 2.48. The Labute approximate surface area is 763 Å². The number of morpholine rings is 4. The molecule has 0 radical (unpaired) electrons. The third-order valence-electron chi connectivity index (χ3n) is 28.2. The standard InChI is InChI=1S/C29H31N5O5.C26H29N5O.C26H31N5O.C21H23N5O2/c1-38-29(35)19-5-10-24-20(15-19)17-25-26(24)28(32-27(31-25)18-3-2-4-23(16-18)34(36)37)30-21-6-8-22(9-7-21)33-11-13-39-14-12-33;1-6-23-20(15-19(1)18-7-9-27-10-8-18)16-24-25(23)26(29-17-28-24)30-21-2-4-22(5-3-21)31-11-13-32-14-12-31;1-30-17-20(16-28-30)18-2-3-19-15-25-26(23(19)14-18)24(8-9-27-25)29-21-4-6-22(7-5-21)31-10-12-32-13-11-31;1-25-13-17(12-24-25)15-2-3-16-11-19-20(18(16)10-15)21(23-14-22-19)28-9-6-26-4-7-27-8-5-26/h2-5,10,15-16,21-22H,6-9,11-14,17H2,1H3,(H,30,31,32);1,6-10,15,17,21-22H,2-5,11-14,16H2,(H,28,29,30);2-3,8-9,14,16-17,21-22H,4-7,10-13,15H2,1H3,(H,27,29);2-3,10,12-14H,4-9,11H2,1H3. The predicted octanol–water partition coefficient (Wildman–Crippen LogP) is 14.9. The van der Waals surface area contributed by atoms with E-state index in [1.165, 1.54) is 143 Å². The molecule has 7 aliphatic carbocycles. The third-order valence-corrected chi connectivity index (χ3v) is 28.2. The quantitative estimate of drug-likeness (QED) is 0.0385. The van der Waals surface area contributed by atoms with Gasteiger partial charge in [0.15, 0.2) is 5.82 Å². The van der Waals surface area contributed by atoms with Gasteiger partial charge in [0.2, 0.25) is 5.88 Å². The number of ether oxygens (including phenoxy) is 6. The topological polar surface area (TPSA) is 303 Å². The van der Waals surface area contributed by atoms with Crippen LogP contribution in [-0.2, 0) is 63.5 Å². The van der Waals surface area contributed by atoms with E-state index in [2.05, 4.69) is 150 Å². The van der Waals surface area contributed by atoms with Crippen LogP contribution < -0.4 is 20.7 Å². The van der Waals surface area contributed by atoms with Crippen LogP contribution in [0.2, 0.25) is 0 Å². The van der Waals surface area contributed by atoms with Crippen LogP contribution in [0.1, 0.15) is 132 Å². The molecule has 4 aliphatic heterocycles. The molecule has 3 saturated carbocycles. The number of rotatable bonds is 19. The summed E-state index contributed by atoms with van der Waals surface area (Å²) in [4.78, 5) is 70.2. The minimum absolute atomic E-state index is 0.00134. The normalized spacial score (nSPS) is 20.8. The largest absolute Gasteiger partial charge is 0.476 e. The maximum atomic E-state index is 12.2.